The standard InChI is InChI=1S/C13H15ClN4/c1-3-11-9(7-15-2)8-17-13(18-11)12-10(14)5-4-6-16-12/h4-6,8,15H,3,7H2,1-2H3. The Labute approximate surface area is 111 Å². The molecule has 0 unspecified atom stereocenters. The minimum Gasteiger partial charge on any atom is -0.316 e. The summed E-state index contributed by atoms with van der Waals surface area (Å²) in [5.41, 5.74) is 2.76. The van der Waals surface area contributed by atoms with E-state index in [0.29, 0.717) is 16.5 Å². The van der Waals surface area contributed by atoms with E-state index in [1.807, 2.05) is 13.2 Å². The molecule has 5 heteroatoms. The predicted octanol–water partition coefficient (Wildman–Crippen LogP) is 2.47. The van der Waals surface area contributed by atoms with Crippen molar-refractivity contribution in [1.82, 2.24) is 20.3 Å². The minimum absolute atomic E-state index is 0.570. The van der Waals surface area contributed by atoms with Gasteiger partial charge in [-0.3, -0.25) is 4.98 Å². The van der Waals surface area contributed by atoms with E-state index in [2.05, 4.69) is 27.2 Å². The van der Waals surface area contributed by atoms with E-state index in [9.17, 15) is 0 Å². The van der Waals surface area contributed by atoms with Crippen LogP contribution in [0.3, 0.4) is 0 Å². The number of rotatable bonds is 4. The third kappa shape index (κ3) is 2.66. The molecule has 0 aliphatic carbocycles. The average molecular weight is 263 g/mol. The molecule has 0 saturated heterocycles. The summed E-state index contributed by atoms with van der Waals surface area (Å²) in [7, 11) is 1.91. The third-order valence-electron chi connectivity index (χ3n) is 2.63. The fraction of sp³-hybridized carbons (Fsp3) is 0.308. The van der Waals surface area contributed by atoms with E-state index in [1.54, 1.807) is 18.3 Å². The first-order valence-corrected chi connectivity index (χ1v) is 6.24. The predicted molar refractivity (Wildman–Crippen MR) is 72.4 cm³/mol. The van der Waals surface area contributed by atoms with Crippen LogP contribution in [0.4, 0.5) is 0 Å². The highest BCUT2D eigenvalue weighted by atomic mass is 35.5. The number of halogens is 1. The van der Waals surface area contributed by atoms with Crippen molar-refractivity contribution in [3.05, 3.63) is 40.8 Å². The summed E-state index contributed by atoms with van der Waals surface area (Å²) < 4.78 is 0. The zero-order chi connectivity index (χ0) is 13.0. The molecule has 1 N–H and O–H groups in total. The fourth-order valence-electron chi connectivity index (χ4n) is 1.75. The molecule has 2 aromatic heterocycles. The van der Waals surface area contributed by atoms with E-state index in [-0.39, 0.29) is 0 Å². The minimum atomic E-state index is 0.570. The van der Waals surface area contributed by atoms with Crippen LogP contribution in [0.15, 0.2) is 24.5 Å². The van der Waals surface area contributed by atoms with Crippen molar-refractivity contribution in [3.63, 3.8) is 0 Å². The molecule has 0 atom stereocenters. The first-order chi connectivity index (χ1) is 8.76. The van der Waals surface area contributed by atoms with Gasteiger partial charge < -0.3 is 5.32 Å². The Kier molecular flexibility index (Phi) is 4.23. The summed E-state index contributed by atoms with van der Waals surface area (Å²) >= 11 is 6.10. The van der Waals surface area contributed by atoms with E-state index in [1.165, 1.54) is 0 Å². The molecule has 0 aromatic carbocycles. The number of aromatic nitrogens is 3. The van der Waals surface area contributed by atoms with Crippen molar-refractivity contribution in [2.24, 2.45) is 0 Å². The van der Waals surface area contributed by atoms with E-state index in [4.69, 9.17) is 11.6 Å². The molecule has 2 heterocycles. The maximum absolute atomic E-state index is 6.10. The molecule has 18 heavy (non-hydrogen) atoms. The van der Waals surface area contributed by atoms with Crippen LogP contribution in [0, 0.1) is 0 Å². The number of aryl methyl sites for hydroxylation is 1. The van der Waals surface area contributed by atoms with Gasteiger partial charge in [0.25, 0.3) is 0 Å². The van der Waals surface area contributed by atoms with Crippen molar-refractivity contribution in [1.29, 1.82) is 0 Å². The molecule has 94 valence electrons. The molecule has 0 amide bonds. The van der Waals surface area contributed by atoms with Crippen LogP contribution in [0.5, 0.6) is 0 Å². The highest BCUT2D eigenvalue weighted by Gasteiger charge is 2.10. The van der Waals surface area contributed by atoms with Crippen molar-refractivity contribution in [2.45, 2.75) is 19.9 Å². The first-order valence-electron chi connectivity index (χ1n) is 5.86. The fourth-order valence-corrected chi connectivity index (χ4v) is 1.96. The lowest BCUT2D eigenvalue weighted by Gasteiger charge is -2.08. The van der Waals surface area contributed by atoms with Crippen molar-refractivity contribution in [2.75, 3.05) is 7.05 Å². The van der Waals surface area contributed by atoms with Crippen molar-refractivity contribution in [3.8, 4) is 11.5 Å². The van der Waals surface area contributed by atoms with Crippen LogP contribution < -0.4 is 5.32 Å². The molecule has 0 radical (unpaired) electrons. The molecule has 0 saturated carbocycles. The second-order valence-corrected chi connectivity index (χ2v) is 4.29. The van der Waals surface area contributed by atoms with Gasteiger partial charge in [-0.05, 0) is 25.6 Å². The van der Waals surface area contributed by atoms with Gasteiger partial charge in [-0.2, -0.15) is 0 Å². The van der Waals surface area contributed by atoms with Gasteiger partial charge in [0.15, 0.2) is 5.82 Å². The van der Waals surface area contributed by atoms with Gasteiger partial charge in [0.2, 0.25) is 0 Å². The molecular weight excluding hydrogens is 248 g/mol. The maximum atomic E-state index is 6.10. The number of hydrogen-bond donors (Lipinski definition) is 1. The van der Waals surface area contributed by atoms with Gasteiger partial charge in [0.05, 0.1) is 5.02 Å². The highest BCUT2D eigenvalue weighted by Crippen LogP contribution is 2.22. The molecule has 0 fully saturated rings. The number of pyridine rings is 1. The first kappa shape index (κ1) is 12.9. The van der Waals surface area contributed by atoms with Crippen LogP contribution >= 0.6 is 11.6 Å². The largest absolute Gasteiger partial charge is 0.316 e. The molecule has 2 aromatic rings. The Hall–Kier alpha value is -1.52. The van der Waals surface area contributed by atoms with Gasteiger partial charge in [0, 0.05) is 30.2 Å². The van der Waals surface area contributed by atoms with Crippen LogP contribution in [0.2, 0.25) is 5.02 Å². The maximum Gasteiger partial charge on any atom is 0.179 e. The quantitative estimate of drug-likeness (QED) is 0.920. The Balaban J connectivity index is 2.44. The molecular formula is C13H15ClN4. The van der Waals surface area contributed by atoms with Crippen LogP contribution in [-0.2, 0) is 13.0 Å². The van der Waals surface area contributed by atoms with Crippen LogP contribution in [-0.4, -0.2) is 22.0 Å². The molecule has 2 rings (SSSR count). The second-order valence-electron chi connectivity index (χ2n) is 3.88. The lowest BCUT2D eigenvalue weighted by molar-refractivity contribution is 0.786. The zero-order valence-electron chi connectivity index (χ0n) is 10.4. The number of hydrogen-bond acceptors (Lipinski definition) is 4. The van der Waals surface area contributed by atoms with Crippen LogP contribution in [0.1, 0.15) is 18.2 Å². The smallest absolute Gasteiger partial charge is 0.179 e. The Morgan fingerprint density at radius 1 is 1.33 bits per heavy atom. The SMILES string of the molecule is CCc1nc(-c2ncccc2Cl)ncc1CNC. The zero-order valence-corrected chi connectivity index (χ0v) is 11.2. The molecule has 0 bridgehead atoms. The summed E-state index contributed by atoms with van der Waals surface area (Å²) in [6.07, 6.45) is 4.39. The van der Waals surface area contributed by atoms with E-state index >= 15 is 0 Å². The number of nitrogens with zero attached hydrogens (tertiary/aromatic N) is 3. The van der Waals surface area contributed by atoms with E-state index < -0.39 is 0 Å². The summed E-state index contributed by atoms with van der Waals surface area (Å²) in [6, 6.07) is 3.59. The van der Waals surface area contributed by atoms with Gasteiger partial charge in [-0.15, -0.1) is 0 Å². The van der Waals surface area contributed by atoms with Gasteiger partial charge in [0.1, 0.15) is 5.69 Å². The van der Waals surface area contributed by atoms with Crippen molar-refractivity contribution >= 4 is 11.6 Å². The summed E-state index contributed by atoms with van der Waals surface area (Å²) in [5.74, 6) is 0.581. The second kappa shape index (κ2) is 5.89. The van der Waals surface area contributed by atoms with Gasteiger partial charge >= 0.3 is 0 Å². The topological polar surface area (TPSA) is 50.7 Å². The summed E-state index contributed by atoms with van der Waals surface area (Å²) in [6.45, 7) is 2.84. The van der Waals surface area contributed by atoms with Gasteiger partial charge in [-0.25, -0.2) is 9.97 Å². The molecule has 0 aliphatic rings. The average Bonchev–Trinajstić information content (AvgIpc) is 2.40. The Bertz CT molecular complexity index is 542. The molecule has 0 aliphatic heterocycles. The third-order valence-corrected chi connectivity index (χ3v) is 2.93. The normalized spacial score (nSPS) is 10.6. The summed E-state index contributed by atoms with van der Waals surface area (Å²) in [5, 5.41) is 3.68. The van der Waals surface area contributed by atoms with E-state index in [0.717, 1.165) is 24.2 Å². The Morgan fingerprint density at radius 2 is 2.17 bits per heavy atom. The summed E-state index contributed by atoms with van der Waals surface area (Å²) in [4.78, 5) is 13.1. The Morgan fingerprint density at radius 3 is 2.83 bits per heavy atom. The monoisotopic (exact) mass is 262 g/mol. The van der Waals surface area contributed by atoms with Crippen molar-refractivity contribution < 1.29 is 0 Å². The van der Waals surface area contributed by atoms with Crippen LogP contribution in [0.25, 0.3) is 11.5 Å². The lowest BCUT2D eigenvalue weighted by atomic mass is 10.2. The molecule has 0 spiro atoms. The van der Waals surface area contributed by atoms with Gasteiger partial charge in [-0.1, -0.05) is 18.5 Å². The number of nitrogens with one attached hydrogen (secondary N) is 1. The lowest BCUT2D eigenvalue weighted by Crippen LogP contribution is -2.10. The molecule has 4 nitrogen and oxygen atoms in total. The highest BCUT2D eigenvalue weighted by molar-refractivity contribution is 6.32.